The molecule has 4 atom stereocenters. The molecule has 0 fully saturated rings. The summed E-state index contributed by atoms with van der Waals surface area (Å²) in [6.07, 6.45) is 36.1. The maximum Gasteiger partial charge on any atom is 0.326 e. The molecule has 0 heterocycles. The molecule has 88 heavy (non-hydrogen) atoms. The standard InChI is InChI=1S/C67H120N4O16S/c1-4-7-10-13-16-19-22-24-27-30-33-36-39-42-62(80)86-52-54(87-63(81)43-40-37-34-31-28-25-23-20-17-14-11-8-5-2)53-88-51-49-58(73)71-67(50-48-61(78)79,70-57(72)41-38-35-32-29-26-21-18-15-12-9-6-3)66(85)69-55(44-46-59(74)75)64(82)68-56(65(83)84)45-47-60(76)77/h54-56H,4-53H2,1-3H3,(H,68,82)(H,69,85)(H,70,72)(H,71,73)(H,74,75)(H,76,77)(H,78,79)(H,83,84)/t54-,55?,56-,67-/m1/s1. The number of hydrogen-bond donors (Lipinski definition) is 8. The zero-order chi connectivity index (χ0) is 65.3. The molecule has 0 radical (unpaired) electrons. The van der Waals surface area contributed by atoms with Crippen molar-refractivity contribution in [1.29, 1.82) is 0 Å². The summed E-state index contributed by atoms with van der Waals surface area (Å²) in [5, 5.41) is 47.8. The van der Waals surface area contributed by atoms with Gasteiger partial charge in [-0.25, -0.2) is 4.79 Å². The molecule has 0 aliphatic heterocycles. The molecule has 0 aromatic carbocycles. The fraction of sp³-hybridized carbons (Fsp3) is 0.851. The smallest absolute Gasteiger partial charge is 0.326 e. The minimum Gasteiger partial charge on any atom is -0.481 e. The van der Waals surface area contributed by atoms with Crippen molar-refractivity contribution in [2.45, 2.75) is 346 Å². The van der Waals surface area contributed by atoms with E-state index >= 15 is 0 Å². The lowest BCUT2D eigenvalue weighted by molar-refractivity contribution is -0.157. The van der Waals surface area contributed by atoms with Gasteiger partial charge in [-0.2, -0.15) is 11.8 Å². The van der Waals surface area contributed by atoms with Gasteiger partial charge < -0.3 is 51.2 Å². The molecule has 0 aliphatic rings. The van der Waals surface area contributed by atoms with Crippen LogP contribution in [0, 0.1) is 0 Å². The molecule has 0 aromatic rings. The molecule has 510 valence electrons. The molecule has 1 unspecified atom stereocenters. The number of carbonyl (C=O) groups excluding carboxylic acids is 6. The number of hydrogen-bond acceptors (Lipinski definition) is 13. The highest BCUT2D eigenvalue weighted by Gasteiger charge is 2.43. The normalized spacial score (nSPS) is 12.9. The fourth-order valence-electron chi connectivity index (χ4n) is 10.4. The summed E-state index contributed by atoms with van der Waals surface area (Å²) in [6, 6.07) is -3.58. The topological polar surface area (TPSA) is 318 Å². The van der Waals surface area contributed by atoms with Crippen molar-refractivity contribution in [1.82, 2.24) is 21.3 Å². The third-order valence-corrected chi connectivity index (χ3v) is 16.9. The summed E-state index contributed by atoms with van der Waals surface area (Å²) in [5.41, 5.74) is -2.53. The number of ether oxygens (including phenoxy) is 2. The van der Waals surface area contributed by atoms with Crippen LogP contribution in [0.1, 0.15) is 323 Å². The van der Waals surface area contributed by atoms with Crippen LogP contribution in [0.4, 0.5) is 0 Å². The van der Waals surface area contributed by atoms with Gasteiger partial charge in [0.2, 0.25) is 17.7 Å². The van der Waals surface area contributed by atoms with Crippen molar-refractivity contribution in [3.63, 3.8) is 0 Å². The van der Waals surface area contributed by atoms with E-state index in [-0.39, 0.29) is 43.8 Å². The van der Waals surface area contributed by atoms with Crippen LogP contribution in [0.15, 0.2) is 0 Å². The first-order valence-electron chi connectivity index (χ1n) is 34.4. The van der Waals surface area contributed by atoms with Crippen LogP contribution in [0.5, 0.6) is 0 Å². The van der Waals surface area contributed by atoms with Gasteiger partial charge in [0.05, 0.1) is 0 Å². The lowest BCUT2D eigenvalue weighted by Crippen LogP contribution is -2.70. The van der Waals surface area contributed by atoms with E-state index in [0.29, 0.717) is 25.7 Å². The second-order valence-corrected chi connectivity index (χ2v) is 25.2. The number of carboxylic acids is 4. The summed E-state index contributed by atoms with van der Waals surface area (Å²) in [4.78, 5) is 129. The van der Waals surface area contributed by atoms with E-state index in [9.17, 15) is 63.3 Å². The van der Waals surface area contributed by atoms with Gasteiger partial charge in [-0.05, 0) is 32.1 Å². The summed E-state index contributed by atoms with van der Waals surface area (Å²) < 4.78 is 11.5. The summed E-state index contributed by atoms with van der Waals surface area (Å²) >= 11 is 1.19. The van der Waals surface area contributed by atoms with Crippen LogP contribution < -0.4 is 21.3 Å². The number of thioether (sulfide) groups is 1. The van der Waals surface area contributed by atoms with Crippen molar-refractivity contribution in [2.24, 2.45) is 0 Å². The van der Waals surface area contributed by atoms with Gasteiger partial charge in [-0.3, -0.25) is 43.2 Å². The monoisotopic (exact) mass is 1270 g/mol. The highest BCUT2D eigenvalue weighted by molar-refractivity contribution is 7.99. The number of amides is 4. The Hall–Kier alpha value is -4.95. The number of esters is 2. The minimum atomic E-state index is -2.53. The Morgan fingerprint density at radius 2 is 0.750 bits per heavy atom. The van der Waals surface area contributed by atoms with Crippen LogP contribution in [-0.2, 0) is 57.4 Å². The molecule has 0 rings (SSSR count). The largest absolute Gasteiger partial charge is 0.481 e. The molecule has 0 bridgehead atoms. The molecule has 0 saturated heterocycles. The number of carbonyl (C=O) groups is 10. The van der Waals surface area contributed by atoms with Crippen molar-refractivity contribution < 1.29 is 77.8 Å². The zero-order valence-corrected chi connectivity index (χ0v) is 55.5. The van der Waals surface area contributed by atoms with E-state index in [2.05, 4.69) is 42.0 Å². The number of rotatable bonds is 64. The Balaban J connectivity index is 6.20. The predicted octanol–water partition coefficient (Wildman–Crippen LogP) is 13.8. The first-order chi connectivity index (χ1) is 42.4. The van der Waals surface area contributed by atoms with Gasteiger partial charge in [-0.15, -0.1) is 0 Å². The molecular formula is C67H120N4O16S. The quantitative estimate of drug-likeness (QED) is 0.0159. The molecule has 21 heteroatoms. The molecule has 20 nitrogen and oxygen atoms in total. The van der Waals surface area contributed by atoms with Gasteiger partial charge in [-0.1, -0.05) is 239 Å². The molecule has 8 N–H and O–H groups in total. The first kappa shape index (κ1) is 83.1. The van der Waals surface area contributed by atoms with E-state index in [1.807, 2.05) is 0 Å². The molecule has 4 amide bonds. The maximum atomic E-state index is 14.6. The first-order valence-corrected chi connectivity index (χ1v) is 35.6. The van der Waals surface area contributed by atoms with E-state index in [1.165, 1.54) is 147 Å². The third kappa shape index (κ3) is 49.9. The maximum absolute atomic E-state index is 14.6. The Morgan fingerprint density at radius 3 is 1.14 bits per heavy atom. The van der Waals surface area contributed by atoms with E-state index < -0.39 is 122 Å². The SMILES string of the molecule is CCCCCCCCCCCCCCCC(=O)OC[C@H](CSCCC(=O)N[C@@](CCC(=O)O)(NC(=O)CCCCCCCCCCCCC)C(=O)NC(CCC(=O)O)C(=O)N[C@H](CCC(=O)O)C(=O)O)OC(=O)CCCCCCCCCCCCCCC. The third-order valence-electron chi connectivity index (χ3n) is 15.8. The van der Waals surface area contributed by atoms with E-state index in [1.54, 1.807) is 0 Å². The molecule has 0 aliphatic carbocycles. The molecule has 0 spiro atoms. The molecular weight excluding hydrogens is 1150 g/mol. The van der Waals surface area contributed by atoms with Crippen molar-refractivity contribution in [2.75, 3.05) is 18.1 Å². The minimum absolute atomic E-state index is 0.0471. The van der Waals surface area contributed by atoms with Gasteiger partial charge in [0, 0.05) is 62.9 Å². The average molecular weight is 1270 g/mol. The second-order valence-electron chi connectivity index (χ2n) is 24.1. The number of aliphatic carboxylic acids is 4. The molecule has 0 aromatic heterocycles. The van der Waals surface area contributed by atoms with Gasteiger partial charge in [0.1, 0.15) is 24.8 Å². The number of carboxylic acid groups (broad SMARTS) is 4. The lowest BCUT2D eigenvalue weighted by Gasteiger charge is -2.35. The van der Waals surface area contributed by atoms with Crippen LogP contribution in [-0.4, -0.2) is 122 Å². The Morgan fingerprint density at radius 1 is 0.398 bits per heavy atom. The van der Waals surface area contributed by atoms with E-state index in [4.69, 9.17) is 14.6 Å². The van der Waals surface area contributed by atoms with Gasteiger partial charge in [0.15, 0.2) is 5.66 Å². The van der Waals surface area contributed by atoms with Crippen LogP contribution in [0.25, 0.3) is 0 Å². The predicted molar refractivity (Wildman–Crippen MR) is 346 cm³/mol. The Bertz CT molecular complexity index is 1910. The molecule has 0 saturated carbocycles. The van der Waals surface area contributed by atoms with Gasteiger partial charge >= 0.3 is 35.8 Å². The van der Waals surface area contributed by atoms with Crippen LogP contribution in [0.3, 0.4) is 0 Å². The van der Waals surface area contributed by atoms with E-state index in [0.717, 1.165) is 77.0 Å². The Kier molecular flexibility index (Phi) is 54.0. The number of nitrogens with one attached hydrogen (secondary N) is 4. The summed E-state index contributed by atoms with van der Waals surface area (Å²) in [7, 11) is 0. The van der Waals surface area contributed by atoms with Gasteiger partial charge in [0.25, 0.3) is 5.91 Å². The fourth-order valence-corrected chi connectivity index (χ4v) is 11.3. The Labute approximate surface area is 532 Å². The van der Waals surface area contributed by atoms with Crippen molar-refractivity contribution in [3.8, 4) is 0 Å². The number of unbranched alkanes of at least 4 members (excludes halogenated alkanes) is 34. The second kappa shape index (κ2) is 57.2. The van der Waals surface area contributed by atoms with Crippen LogP contribution >= 0.6 is 11.8 Å². The van der Waals surface area contributed by atoms with Crippen LogP contribution in [0.2, 0.25) is 0 Å². The van der Waals surface area contributed by atoms with Crippen molar-refractivity contribution in [3.05, 3.63) is 0 Å². The lowest BCUT2D eigenvalue weighted by atomic mass is 9.99. The highest BCUT2D eigenvalue weighted by Crippen LogP contribution is 2.20. The summed E-state index contributed by atoms with van der Waals surface area (Å²) in [6.45, 7) is 6.42. The zero-order valence-electron chi connectivity index (χ0n) is 54.7. The summed E-state index contributed by atoms with van der Waals surface area (Å²) in [5.74, 6) is -10.5. The highest BCUT2D eigenvalue weighted by atomic mass is 32.2. The van der Waals surface area contributed by atoms with Crippen molar-refractivity contribution >= 4 is 71.2 Å². The average Bonchev–Trinajstić information content (AvgIpc) is 2.99.